The number of para-hydroxylation sites is 2. The number of thiocarbonyl (C=S) groups is 1. The van der Waals surface area contributed by atoms with Crippen molar-refractivity contribution in [2.24, 2.45) is 17.9 Å². The van der Waals surface area contributed by atoms with Gasteiger partial charge in [-0.05, 0) is 30.4 Å². The van der Waals surface area contributed by atoms with Gasteiger partial charge in [0.05, 0.1) is 11.9 Å². The number of nitrogens with one attached hydrogen (secondary N) is 1. The number of aromatic nitrogens is 3. The van der Waals surface area contributed by atoms with Crippen LogP contribution in [0.5, 0.6) is 0 Å². The van der Waals surface area contributed by atoms with E-state index in [4.69, 9.17) is 23.1 Å². The Morgan fingerprint density at radius 3 is 2.63 bits per heavy atom. The van der Waals surface area contributed by atoms with Crippen molar-refractivity contribution in [1.82, 2.24) is 19.8 Å². The fourth-order valence-corrected chi connectivity index (χ4v) is 3.15. The summed E-state index contributed by atoms with van der Waals surface area (Å²) in [5, 5.41) is 10.2. The van der Waals surface area contributed by atoms with Gasteiger partial charge in [0.1, 0.15) is 5.69 Å². The van der Waals surface area contributed by atoms with Gasteiger partial charge < -0.3 is 10.3 Å². The van der Waals surface area contributed by atoms with E-state index in [2.05, 4.69) is 33.4 Å². The summed E-state index contributed by atoms with van der Waals surface area (Å²) >= 11 is 4.81. The third-order valence-corrected chi connectivity index (χ3v) is 4.39. The zero-order chi connectivity index (χ0) is 18.8. The number of nitrogens with zero attached hydrogens (tertiary/aromatic N) is 4. The monoisotopic (exact) mass is 374 g/mol. The second-order valence-electron chi connectivity index (χ2n) is 6.12. The molecule has 0 unspecified atom stereocenters. The Morgan fingerprint density at radius 2 is 1.85 bits per heavy atom. The van der Waals surface area contributed by atoms with Crippen LogP contribution < -0.4 is 11.2 Å². The molecule has 0 aliphatic rings. The smallest absolute Gasteiger partial charge is 0.184 e. The second kappa shape index (κ2) is 7.05. The lowest BCUT2D eigenvalue weighted by Crippen LogP contribution is -2.24. The molecule has 0 saturated carbocycles. The molecule has 4 aromatic rings. The fraction of sp³-hybridized carbons (Fsp3) is 0.0500. The normalized spacial score (nSPS) is 11.3. The van der Waals surface area contributed by atoms with Crippen molar-refractivity contribution in [3.05, 3.63) is 72.6 Å². The number of hydrogen-bond donors (Lipinski definition) is 2. The van der Waals surface area contributed by atoms with Gasteiger partial charge in [0.25, 0.3) is 0 Å². The van der Waals surface area contributed by atoms with E-state index in [1.165, 1.54) is 0 Å². The van der Waals surface area contributed by atoms with Crippen LogP contribution in [0.15, 0.2) is 72.1 Å². The van der Waals surface area contributed by atoms with Gasteiger partial charge in [-0.15, -0.1) is 0 Å². The zero-order valence-corrected chi connectivity index (χ0v) is 15.5. The highest BCUT2D eigenvalue weighted by atomic mass is 32.1. The Labute approximate surface area is 161 Å². The topological polar surface area (TPSA) is 73.2 Å². The largest absolute Gasteiger partial charge is 0.375 e. The molecule has 0 saturated heterocycles. The number of aryl methyl sites for hydroxylation is 1. The van der Waals surface area contributed by atoms with Crippen LogP contribution in [0, 0.1) is 0 Å². The summed E-state index contributed by atoms with van der Waals surface area (Å²) in [6.07, 6.45) is 5.71. The van der Waals surface area contributed by atoms with Crippen molar-refractivity contribution in [2.45, 2.75) is 0 Å². The van der Waals surface area contributed by atoms with Crippen LogP contribution in [0.2, 0.25) is 0 Å². The van der Waals surface area contributed by atoms with Gasteiger partial charge in [0, 0.05) is 41.5 Å². The minimum absolute atomic E-state index is 0.119. The third-order valence-electron chi connectivity index (χ3n) is 4.29. The van der Waals surface area contributed by atoms with E-state index in [1.54, 1.807) is 6.21 Å². The quantitative estimate of drug-likeness (QED) is 0.327. The number of hydrogen-bond acceptors (Lipinski definition) is 3. The van der Waals surface area contributed by atoms with Crippen molar-refractivity contribution in [2.75, 3.05) is 0 Å². The number of rotatable bonds is 4. The molecule has 27 heavy (non-hydrogen) atoms. The summed E-state index contributed by atoms with van der Waals surface area (Å²) in [4.78, 5) is 0. The molecule has 4 rings (SSSR count). The maximum atomic E-state index is 5.46. The van der Waals surface area contributed by atoms with Crippen molar-refractivity contribution < 1.29 is 0 Å². The number of fused-ring (bicyclic) bond motifs is 1. The van der Waals surface area contributed by atoms with E-state index in [1.807, 2.05) is 60.4 Å². The lowest BCUT2D eigenvalue weighted by molar-refractivity contribution is 0.883. The molecule has 0 aliphatic carbocycles. The average Bonchev–Trinajstić information content (AvgIpc) is 3.24. The Bertz CT molecular complexity index is 1140. The predicted molar refractivity (Wildman–Crippen MR) is 113 cm³/mol. The van der Waals surface area contributed by atoms with E-state index >= 15 is 0 Å². The fourth-order valence-electron chi connectivity index (χ4n) is 3.10. The van der Waals surface area contributed by atoms with Crippen molar-refractivity contribution in [3.8, 4) is 16.9 Å². The van der Waals surface area contributed by atoms with Crippen LogP contribution in [0.1, 0.15) is 5.56 Å². The molecular formula is C20H18N6S. The molecule has 0 radical (unpaired) electrons. The molecule has 6 nitrogen and oxygen atoms in total. The van der Waals surface area contributed by atoms with Gasteiger partial charge in [-0.2, -0.15) is 10.2 Å². The second-order valence-corrected chi connectivity index (χ2v) is 6.56. The Kier molecular flexibility index (Phi) is 4.43. The molecule has 0 aliphatic heterocycles. The van der Waals surface area contributed by atoms with Crippen LogP contribution in [-0.4, -0.2) is 25.7 Å². The third kappa shape index (κ3) is 3.32. The van der Waals surface area contributed by atoms with Gasteiger partial charge in [0.2, 0.25) is 0 Å². The summed E-state index contributed by atoms with van der Waals surface area (Å²) < 4.78 is 3.94. The summed E-state index contributed by atoms with van der Waals surface area (Å²) in [6.45, 7) is 0. The summed E-state index contributed by atoms with van der Waals surface area (Å²) in [5.41, 5.74) is 12.9. The van der Waals surface area contributed by atoms with Crippen molar-refractivity contribution >= 4 is 34.4 Å². The molecule has 3 N–H and O–H groups in total. The van der Waals surface area contributed by atoms with E-state index in [9.17, 15) is 0 Å². The first-order valence-corrected chi connectivity index (χ1v) is 8.82. The van der Waals surface area contributed by atoms with Crippen molar-refractivity contribution in [1.29, 1.82) is 0 Å². The highest BCUT2D eigenvalue weighted by Gasteiger charge is 2.16. The van der Waals surface area contributed by atoms with Gasteiger partial charge in [-0.3, -0.25) is 5.43 Å². The molecular weight excluding hydrogens is 356 g/mol. The molecule has 0 amide bonds. The zero-order valence-electron chi connectivity index (χ0n) is 14.7. The van der Waals surface area contributed by atoms with Crippen molar-refractivity contribution in [3.63, 3.8) is 0 Å². The lowest BCUT2D eigenvalue weighted by atomic mass is 10.1. The number of benzene rings is 2. The first kappa shape index (κ1) is 17.0. The van der Waals surface area contributed by atoms with Crippen LogP contribution in [0.3, 0.4) is 0 Å². The molecule has 0 bridgehead atoms. The van der Waals surface area contributed by atoms with Crippen LogP contribution >= 0.6 is 12.2 Å². The standard InChI is InChI=1S/C20H18N6S/c1-25-13-17(16-9-5-6-10-18(16)25)19-14(11-22-23-20(21)27)12-26(24-19)15-7-3-2-4-8-15/h2-13H,1H3,(H3,21,23,27)/b22-11+. The predicted octanol–water partition coefficient (Wildman–Crippen LogP) is 3.20. The highest BCUT2D eigenvalue weighted by molar-refractivity contribution is 7.80. The molecule has 134 valence electrons. The van der Waals surface area contributed by atoms with E-state index < -0.39 is 0 Å². The van der Waals surface area contributed by atoms with Crippen LogP contribution in [0.4, 0.5) is 0 Å². The van der Waals surface area contributed by atoms with Gasteiger partial charge in [-0.1, -0.05) is 36.4 Å². The maximum Gasteiger partial charge on any atom is 0.184 e. The minimum atomic E-state index is 0.119. The first-order valence-electron chi connectivity index (χ1n) is 8.41. The van der Waals surface area contributed by atoms with E-state index in [-0.39, 0.29) is 5.11 Å². The SMILES string of the molecule is Cn1cc(-c2nn(-c3ccccc3)cc2/C=N/NC(N)=S)c2ccccc21. The molecule has 2 heterocycles. The molecule has 0 atom stereocenters. The van der Waals surface area contributed by atoms with Crippen LogP contribution in [0.25, 0.3) is 27.8 Å². The van der Waals surface area contributed by atoms with Gasteiger partial charge in [-0.25, -0.2) is 4.68 Å². The summed E-state index contributed by atoms with van der Waals surface area (Å²) in [5.74, 6) is 0. The van der Waals surface area contributed by atoms with Crippen LogP contribution in [-0.2, 0) is 7.05 Å². The molecule has 7 heteroatoms. The highest BCUT2D eigenvalue weighted by Crippen LogP contribution is 2.31. The Morgan fingerprint density at radius 1 is 1.11 bits per heavy atom. The maximum absolute atomic E-state index is 5.46. The van der Waals surface area contributed by atoms with Gasteiger partial charge in [0.15, 0.2) is 5.11 Å². The molecule has 0 spiro atoms. The van der Waals surface area contributed by atoms with Gasteiger partial charge >= 0.3 is 0 Å². The Hall–Kier alpha value is -3.45. The lowest BCUT2D eigenvalue weighted by Gasteiger charge is -1.99. The van der Waals surface area contributed by atoms with E-state index in [0.717, 1.165) is 33.4 Å². The summed E-state index contributed by atoms with van der Waals surface area (Å²) in [7, 11) is 2.03. The minimum Gasteiger partial charge on any atom is -0.375 e. The summed E-state index contributed by atoms with van der Waals surface area (Å²) in [6, 6.07) is 18.2. The van der Waals surface area contributed by atoms with E-state index in [0.29, 0.717) is 0 Å². The molecule has 2 aromatic heterocycles. The average molecular weight is 374 g/mol. The molecule has 2 aromatic carbocycles. The first-order chi connectivity index (χ1) is 13.1. The number of nitrogens with two attached hydrogens (primary N) is 1. The Balaban J connectivity index is 1.88. The molecule has 0 fully saturated rings. The number of hydrazone groups is 1.